The van der Waals surface area contributed by atoms with Crippen molar-refractivity contribution in [1.29, 1.82) is 5.26 Å². The van der Waals surface area contributed by atoms with E-state index in [-0.39, 0.29) is 5.91 Å². The third kappa shape index (κ3) is 2.92. The molecule has 0 saturated carbocycles. The molecule has 0 atom stereocenters. The van der Waals surface area contributed by atoms with Crippen LogP contribution in [0.1, 0.15) is 35.1 Å². The molecule has 0 aliphatic rings. The molecule has 5 heteroatoms. The van der Waals surface area contributed by atoms with Crippen molar-refractivity contribution in [2.24, 2.45) is 0 Å². The summed E-state index contributed by atoms with van der Waals surface area (Å²) in [5, 5.41) is 11.8. The van der Waals surface area contributed by atoms with E-state index in [1.54, 1.807) is 28.7 Å². The molecule has 3 rings (SSSR count). The number of pyridine rings is 1. The number of hydrogen-bond donors (Lipinski definition) is 1. The van der Waals surface area contributed by atoms with Crippen LogP contribution in [0.15, 0.2) is 48.7 Å². The van der Waals surface area contributed by atoms with Crippen LogP contribution in [-0.2, 0) is 6.42 Å². The Morgan fingerprint density at radius 2 is 2.17 bits per heavy atom. The highest BCUT2D eigenvalue weighted by atomic mass is 16.2. The lowest BCUT2D eigenvalue weighted by Crippen LogP contribution is -2.16. The van der Waals surface area contributed by atoms with Crippen LogP contribution in [0.2, 0.25) is 0 Å². The van der Waals surface area contributed by atoms with Gasteiger partial charge in [-0.05, 0) is 36.8 Å². The molecular formula is C18H16N4O. The highest BCUT2D eigenvalue weighted by Crippen LogP contribution is 2.17. The van der Waals surface area contributed by atoms with Crippen molar-refractivity contribution in [3.05, 3.63) is 65.6 Å². The van der Waals surface area contributed by atoms with Crippen molar-refractivity contribution in [2.75, 3.05) is 5.32 Å². The van der Waals surface area contributed by atoms with E-state index in [1.165, 1.54) is 0 Å². The molecule has 1 N–H and O–H groups in total. The van der Waals surface area contributed by atoms with Crippen LogP contribution in [0.25, 0.3) is 5.65 Å². The SMILES string of the molecule is CCCc1nc2ccccn2c1C(=O)Nc1cccc(C#N)c1. The smallest absolute Gasteiger partial charge is 0.274 e. The molecule has 0 unspecified atom stereocenters. The lowest BCUT2D eigenvalue weighted by Gasteiger charge is -2.07. The summed E-state index contributed by atoms with van der Waals surface area (Å²) in [6, 6.07) is 14.6. The van der Waals surface area contributed by atoms with Gasteiger partial charge in [0.25, 0.3) is 5.91 Å². The van der Waals surface area contributed by atoms with Crippen molar-refractivity contribution in [1.82, 2.24) is 9.38 Å². The van der Waals surface area contributed by atoms with Crippen molar-refractivity contribution in [3.63, 3.8) is 0 Å². The van der Waals surface area contributed by atoms with Crippen LogP contribution in [0.4, 0.5) is 5.69 Å². The molecule has 2 heterocycles. The first-order valence-electron chi connectivity index (χ1n) is 7.50. The van der Waals surface area contributed by atoms with E-state index in [9.17, 15) is 4.79 Å². The molecule has 0 saturated heterocycles. The number of benzene rings is 1. The molecule has 0 radical (unpaired) electrons. The first-order chi connectivity index (χ1) is 11.2. The Morgan fingerprint density at radius 3 is 2.96 bits per heavy atom. The highest BCUT2D eigenvalue weighted by Gasteiger charge is 2.18. The van der Waals surface area contributed by atoms with Gasteiger partial charge in [-0.2, -0.15) is 5.26 Å². The number of hydrogen-bond acceptors (Lipinski definition) is 3. The minimum atomic E-state index is -0.220. The van der Waals surface area contributed by atoms with Crippen LogP contribution in [0.5, 0.6) is 0 Å². The van der Waals surface area contributed by atoms with Gasteiger partial charge in [-0.25, -0.2) is 4.98 Å². The van der Waals surface area contributed by atoms with E-state index in [1.807, 2.05) is 24.4 Å². The number of aromatic nitrogens is 2. The van der Waals surface area contributed by atoms with Crippen LogP contribution < -0.4 is 5.32 Å². The number of amides is 1. The van der Waals surface area contributed by atoms with E-state index in [2.05, 4.69) is 23.3 Å². The fraction of sp³-hybridized carbons (Fsp3) is 0.167. The van der Waals surface area contributed by atoms with Gasteiger partial charge in [-0.3, -0.25) is 9.20 Å². The quantitative estimate of drug-likeness (QED) is 0.803. The van der Waals surface area contributed by atoms with Gasteiger partial charge in [0.15, 0.2) is 0 Å². The van der Waals surface area contributed by atoms with Crippen LogP contribution >= 0.6 is 0 Å². The van der Waals surface area contributed by atoms with E-state index in [0.717, 1.165) is 24.2 Å². The monoisotopic (exact) mass is 304 g/mol. The number of carbonyl (C=O) groups is 1. The van der Waals surface area contributed by atoms with E-state index < -0.39 is 0 Å². The molecular weight excluding hydrogens is 288 g/mol. The van der Waals surface area contributed by atoms with Gasteiger partial charge in [-0.1, -0.05) is 25.5 Å². The lowest BCUT2D eigenvalue weighted by atomic mass is 10.2. The fourth-order valence-corrected chi connectivity index (χ4v) is 2.55. The average Bonchev–Trinajstić information content (AvgIpc) is 2.93. The Bertz CT molecular complexity index is 905. The van der Waals surface area contributed by atoms with Crippen molar-refractivity contribution >= 4 is 17.2 Å². The Kier molecular flexibility index (Phi) is 4.07. The lowest BCUT2D eigenvalue weighted by molar-refractivity contribution is 0.102. The zero-order valence-electron chi connectivity index (χ0n) is 12.8. The number of rotatable bonds is 4. The second-order valence-corrected chi connectivity index (χ2v) is 5.23. The number of nitriles is 1. The summed E-state index contributed by atoms with van der Waals surface area (Å²) in [5.74, 6) is -0.220. The number of fused-ring (bicyclic) bond motifs is 1. The van der Waals surface area contributed by atoms with Crippen LogP contribution in [-0.4, -0.2) is 15.3 Å². The Morgan fingerprint density at radius 1 is 1.30 bits per heavy atom. The molecule has 0 aliphatic carbocycles. The number of carbonyl (C=O) groups excluding carboxylic acids is 1. The van der Waals surface area contributed by atoms with E-state index in [0.29, 0.717) is 16.9 Å². The number of nitrogens with zero attached hydrogens (tertiary/aromatic N) is 3. The third-order valence-electron chi connectivity index (χ3n) is 3.55. The Labute approximate surface area is 134 Å². The predicted octanol–water partition coefficient (Wildman–Crippen LogP) is 3.41. The first-order valence-corrected chi connectivity index (χ1v) is 7.50. The Balaban J connectivity index is 1.99. The Hall–Kier alpha value is -3.13. The minimum Gasteiger partial charge on any atom is -0.321 e. The first kappa shape index (κ1) is 14.8. The van der Waals surface area contributed by atoms with Gasteiger partial charge in [0.1, 0.15) is 11.3 Å². The van der Waals surface area contributed by atoms with Crippen molar-refractivity contribution in [2.45, 2.75) is 19.8 Å². The molecule has 114 valence electrons. The highest BCUT2D eigenvalue weighted by molar-refractivity contribution is 6.04. The molecule has 0 spiro atoms. The minimum absolute atomic E-state index is 0.220. The number of anilines is 1. The predicted molar refractivity (Wildman–Crippen MR) is 88.3 cm³/mol. The molecule has 1 amide bonds. The average molecular weight is 304 g/mol. The van der Waals surface area contributed by atoms with Crippen LogP contribution in [0.3, 0.4) is 0 Å². The molecule has 23 heavy (non-hydrogen) atoms. The standard InChI is InChI=1S/C18H16N4O/c1-2-6-15-17(22-10-4-3-9-16(22)21-15)18(23)20-14-8-5-7-13(11-14)12-19/h3-5,7-11H,2,6H2,1H3,(H,20,23). The van der Waals surface area contributed by atoms with Gasteiger partial charge in [-0.15, -0.1) is 0 Å². The summed E-state index contributed by atoms with van der Waals surface area (Å²) in [7, 11) is 0. The van der Waals surface area contributed by atoms with E-state index in [4.69, 9.17) is 5.26 Å². The number of imidazole rings is 1. The largest absolute Gasteiger partial charge is 0.321 e. The van der Waals surface area contributed by atoms with Gasteiger partial charge in [0, 0.05) is 11.9 Å². The molecule has 5 nitrogen and oxygen atoms in total. The molecule has 2 aromatic heterocycles. The maximum absolute atomic E-state index is 12.7. The summed E-state index contributed by atoms with van der Waals surface area (Å²) in [6.45, 7) is 2.06. The van der Waals surface area contributed by atoms with Crippen molar-refractivity contribution < 1.29 is 4.79 Å². The van der Waals surface area contributed by atoms with Gasteiger partial charge in [0.2, 0.25) is 0 Å². The second kappa shape index (κ2) is 6.32. The summed E-state index contributed by atoms with van der Waals surface area (Å²) in [6.07, 6.45) is 3.48. The number of nitrogens with one attached hydrogen (secondary N) is 1. The topological polar surface area (TPSA) is 70.2 Å². The van der Waals surface area contributed by atoms with E-state index >= 15 is 0 Å². The summed E-state index contributed by atoms with van der Waals surface area (Å²) < 4.78 is 1.80. The van der Waals surface area contributed by atoms with Gasteiger partial charge < -0.3 is 5.32 Å². The maximum Gasteiger partial charge on any atom is 0.274 e. The molecule has 1 aromatic carbocycles. The van der Waals surface area contributed by atoms with Crippen LogP contribution in [0, 0.1) is 11.3 Å². The molecule has 3 aromatic rings. The van der Waals surface area contributed by atoms with Gasteiger partial charge in [0.05, 0.1) is 17.3 Å². The fourth-order valence-electron chi connectivity index (χ4n) is 2.55. The van der Waals surface area contributed by atoms with Gasteiger partial charge >= 0.3 is 0 Å². The second-order valence-electron chi connectivity index (χ2n) is 5.23. The maximum atomic E-state index is 12.7. The third-order valence-corrected chi connectivity index (χ3v) is 3.55. The normalized spacial score (nSPS) is 10.4. The molecule has 0 fully saturated rings. The zero-order chi connectivity index (χ0) is 16.2. The van der Waals surface area contributed by atoms with Crippen molar-refractivity contribution in [3.8, 4) is 6.07 Å². The molecule has 0 bridgehead atoms. The summed E-state index contributed by atoms with van der Waals surface area (Å²) in [4.78, 5) is 17.3. The zero-order valence-corrected chi connectivity index (χ0v) is 12.8. The number of aryl methyl sites for hydroxylation is 1. The molecule has 0 aliphatic heterocycles. The summed E-state index contributed by atoms with van der Waals surface area (Å²) >= 11 is 0. The summed E-state index contributed by atoms with van der Waals surface area (Å²) in [5.41, 5.74) is 3.20.